The monoisotopic (exact) mass is 308 g/mol. The number of benzene rings is 1. The highest BCUT2D eigenvalue weighted by Gasteiger charge is 2.41. The highest BCUT2D eigenvalue weighted by molar-refractivity contribution is 5.93. The van der Waals surface area contributed by atoms with E-state index in [-0.39, 0.29) is 0 Å². The van der Waals surface area contributed by atoms with Gasteiger partial charge < -0.3 is 15.8 Å². The molecule has 0 saturated heterocycles. The van der Waals surface area contributed by atoms with Crippen LogP contribution in [0.15, 0.2) is 24.3 Å². The minimum Gasteiger partial charge on any atom is -0.362 e. The third-order valence-corrected chi connectivity index (χ3v) is 2.67. The van der Waals surface area contributed by atoms with Crippen molar-refractivity contribution in [2.45, 2.75) is 31.9 Å². The number of anilines is 1. The Bertz CT molecular complexity index is 466. The molecule has 4 nitrogen and oxygen atoms in total. The van der Waals surface area contributed by atoms with Gasteiger partial charge in [0.05, 0.1) is 0 Å². The number of nitrogens with one attached hydrogen (secondary N) is 1. The van der Waals surface area contributed by atoms with Crippen LogP contribution >= 0.6 is 0 Å². The maximum absolute atomic E-state index is 12.7. The Balaban J connectivity index is 2.50. The molecule has 0 bridgehead atoms. The quantitative estimate of drug-likeness (QED) is 0.760. The lowest BCUT2D eigenvalue weighted by molar-refractivity contribution is -0.176. The molecule has 3 N–H and O–H groups in total. The van der Waals surface area contributed by atoms with Gasteiger partial charge in [-0.2, -0.15) is 8.78 Å². The molecule has 1 rings (SSSR count). The zero-order valence-electron chi connectivity index (χ0n) is 11.3. The van der Waals surface area contributed by atoms with Gasteiger partial charge in [0, 0.05) is 12.2 Å². The Kier molecular flexibility index (Phi) is 6.10. The highest BCUT2D eigenvalue weighted by Crippen LogP contribution is 2.23. The molecule has 0 aliphatic heterocycles. The van der Waals surface area contributed by atoms with Crippen molar-refractivity contribution in [1.82, 2.24) is 0 Å². The van der Waals surface area contributed by atoms with Gasteiger partial charge in [-0.25, -0.2) is 8.78 Å². The van der Waals surface area contributed by atoms with Gasteiger partial charge in [0.25, 0.3) is 5.91 Å². The predicted octanol–water partition coefficient (Wildman–Crippen LogP) is 2.39. The van der Waals surface area contributed by atoms with Crippen molar-refractivity contribution in [1.29, 1.82) is 0 Å². The standard InChI is InChI=1S/C13H16F4N2O2/c1-8(21-7-13(16,17)12(14)15)11(20)19-10-4-2-9(6-18)3-5-10/h2-5,8,12H,6-7,18H2,1H3,(H,19,20). The average molecular weight is 308 g/mol. The van der Waals surface area contributed by atoms with E-state index >= 15 is 0 Å². The molecule has 21 heavy (non-hydrogen) atoms. The van der Waals surface area contributed by atoms with Crippen LogP contribution in [0.2, 0.25) is 0 Å². The van der Waals surface area contributed by atoms with Crippen molar-refractivity contribution in [3.05, 3.63) is 29.8 Å². The molecular formula is C13H16F4N2O2. The van der Waals surface area contributed by atoms with E-state index < -0.39 is 31.0 Å². The van der Waals surface area contributed by atoms with Crippen LogP contribution in [0.25, 0.3) is 0 Å². The summed E-state index contributed by atoms with van der Waals surface area (Å²) in [7, 11) is 0. The molecule has 0 aromatic heterocycles. The first-order valence-corrected chi connectivity index (χ1v) is 6.13. The normalized spacial score (nSPS) is 13.3. The number of amides is 1. The third-order valence-electron chi connectivity index (χ3n) is 2.67. The van der Waals surface area contributed by atoms with Crippen LogP contribution in [-0.4, -0.2) is 31.0 Å². The van der Waals surface area contributed by atoms with E-state index in [1.54, 1.807) is 24.3 Å². The van der Waals surface area contributed by atoms with Gasteiger partial charge in [0.1, 0.15) is 12.7 Å². The van der Waals surface area contributed by atoms with E-state index in [1.165, 1.54) is 6.92 Å². The second-order valence-electron chi connectivity index (χ2n) is 4.41. The van der Waals surface area contributed by atoms with Gasteiger partial charge in [-0.1, -0.05) is 12.1 Å². The molecule has 0 aliphatic carbocycles. The van der Waals surface area contributed by atoms with E-state index in [0.717, 1.165) is 5.56 Å². The molecule has 1 amide bonds. The second-order valence-corrected chi connectivity index (χ2v) is 4.41. The fourth-order valence-electron chi connectivity index (χ4n) is 1.34. The first kappa shape index (κ1) is 17.4. The summed E-state index contributed by atoms with van der Waals surface area (Å²) in [6.07, 6.45) is -5.12. The minimum absolute atomic E-state index is 0.344. The maximum Gasteiger partial charge on any atom is 0.330 e. The Hall–Kier alpha value is -1.67. The number of alkyl halides is 4. The average Bonchev–Trinajstić information content (AvgIpc) is 2.45. The number of carbonyl (C=O) groups excluding carboxylic acids is 1. The molecule has 118 valence electrons. The van der Waals surface area contributed by atoms with E-state index in [0.29, 0.717) is 12.2 Å². The summed E-state index contributed by atoms with van der Waals surface area (Å²) in [5.41, 5.74) is 6.69. The van der Waals surface area contributed by atoms with Crippen LogP contribution in [0, 0.1) is 0 Å². The zero-order chi connectivity index (χ0) is 16.0. The number of hydrogen-bond acceptors (Lipinski definition) is 3. The Morgan fingerprint density at radius 1 is 1.33 bits per heavy atom. The lowest BCUT2D eigenvalue weighted by Gasteiger charge is -2.18. The molecule has 0 saturated carbocycles. The maximum atomic E-state index is 12.7. The van der Waals surface area contributed by atoms with Crippen LogP contribution in [0.1, 0.15) is 12.5 Å². The summed E-state index contributed by atoms with van der Waals surface area (Å²) in [5.74, 6) is -4.99. The first-order chi connectivity index (χ1) is 9.76. The lowest BCUT2D eigenvalue weighted by atomic mass is 10.2. The number of hydrogen-bond donors (Lipinski definition) is 2. The summed E-state index contributed by atoms with van der Waals surface area (Å²) in [6, 6.07) is 6.54. The third kappa shape index (κ3) is 5.31. The van der Waals surface area contributed by atoms with Crippen LogP contribution in [-0.2, 0) is 16.1 Å². The lowest BCUT2D eigenvalue weighted by Crippen LogP contribution is -2.37. The molecule has 8 heteroatoms. The predicted molar refractivity (Wildman–Crippen MR) is 69.3 cm³/mol. The molecule has 0 aliphatic rings. The van der Waals surface area contributed by atoms with Crippen LogP contribution in [0.5, 0.6) is 0 Å². The van der Waals surface area contributed by atoms with Gasteiger partial charge >= 0.3 is 12.3 Å². The summed E-state index contributed by atoms with van der Waals surface area (Å²) in [6.45, 7) is 0.0208. The zero-order valence-corrected chi connectivity index (χ0v) is 11.3. The van der Waals surface area contributed by atoms with E-state index in [4.69, 9.17) is 5.73 Å². The Morgan fingerprint density at radius 3 is 2.38 bits per heavy atom. The van der Waals surface area contributed by atoms with Crippen molar-refractivity contribution in [3.63, 3.8) is 0 Å². The number of ether oxygens (including phenoxy) is 1. The smallest absolute Gasteiger partial charge is 0.330 e. The van der Waals surface area contributed by atoms with Gasteiger partial charge in [0.15, 0.2) is 0 Å². The van der Waals surface area contributed by atoms with Crippen molar-refractivity contribution >= 4 is 11.6 Å². The molecule has 0 radical (unpaired) electrons. The first-order valence-electron chi connectivity index (χ1n) is 6.13. The Morgan fingerprint density at radius 2 is 1.90 bits per heavy atom. The van der Waals surface area contributed by atoms with Gasteiger partial charge in [-0.05, 0) is 24.6 Å². The summed E-state index contributed by atoms with van der Waals surface area (Å²) in [5, 5.41) is 2.42. The van der Waals surface area contributed by atoms with E-state index in [2.05, 4.69) is 10.1 Å². The number of rotatable bonds is 7. The summed E-state index contributed by atoms with van der Waals surface area (Å²) >= 11 is 0. The van der Waals surface area contributed by atoms with Crippen molar-refractivity contribution < 1.29 is 27.1 Å². The topological polar surface area (TPSA) is 64.3 Å². The largest absolute Gasteiger partial charge is 0.362 e. The molecular weight excluding hydrogens is 292 g/mol. The van der Waals surface area contributed by atoms with E-state index in [1.807, 2.05) is 0 Å². The van der Waals surface area contributed by atoms with Crippen molar-refractivity contribution in [3.8, 4) is 0 Å². The highest BCUT2D eigenvalue weighted by atomic mass is 19.3. The van der Waals surface area contributed by atoms with Crippen molar-refractivity contribution in [2.24, 2.45) is 5.73 Å². The number of halogens is 4. The van der Waals surface area contributed by atoms with E-state index in [9.17, 15) is 22.4 Å². The molecule has 1 aromatic carbocycles. The molecule has 0 fully saturated rings. The number of carbonyl (C=O) groups is 1. The molecule has 0 heterocycles. The SMILES string of the molecule is CC(OCC(F)(F)C(F)F)C(=O)Nc1ccc(CN)cc1. The van der Waals surface area contributed by atoms with Crippen LogP contribution < -0.4 is 11.1 Å². The number of nitrogens with two attached hydrogens (primary N) is 1. The Labute approximate surface area is 119 Å². The fourth-order valence-corrected chi connectivity index (χ4v) is 1.34. The fraction of sp³-hybridized carbons (Fsp3) is 0.462. The van der Waals surface area contributed by atoms with Gasteiger partial charge in [0.2, 0.25) is 0 Å². The summed E-state index contributed by atoms with van der Waals surface area (Å²) in [4.78, 5) is 11.7. The molecule has 1 aromatic rings. The second kappa shape index (κ2) is 7.37. The molecule has 1 unspecified atom stereocenters. The van der Waals surface area contributed by atoms with Gasteiger partial charge in [-0.15, -0.1) is 0 Å². The van der Waals surface area contributed by atoms with Crippen LogP contribution in [0.4, 0.5) is 23.2 Å². The minimum atomic E-state index is -4.28. The van der Waals surface area contributed by atoms with Gasteiger partial charge in [-0.3, -0.25) is 4.79 Å². The van der Waals surface area contributed by atoms with Crippen LogP contribution in [0.3, 0.4) is 0 Å². The summed E-state index contributed by atoms with van der Waals surface area (Å²) < 4.78 is 53.7. The molecule has 0 spiro atoms. The molecule has 1 atom stereocenters. The van der Waals surface area contributed by atoms with Crippen molar-refractivity contribution in [2.75, 3.05) is 11.9 Å².